The van der Waals surface area contributed by atoms with E-state index in [0.717, 1.165) is 43.8 Å². The predicted molar refractivity (Wildman–Crippen MR) is 180 cm³/mol. The van der Waals surface area contributed by atoms with E-state index in [1.807, 2.05) is 12.3 Å². The third kappa shape index (κ3) is 3.68. The van der Waals surface area contributed by atoms with E-state index in [1.165, 1.54) is 38.6 Å². The van der Waals surface area contributed by atoms with Crippen molar-refractivity contribution in [3.63, 3.8) is 0 Å². The monoisotopic (exact) mass is 547 g/mol. The highest BCUT2D eigenvalue weighted by atomic mass is 15.0. The maximum Gasteiger partial charge on any atom is 0.0795 e. The molecule has 0 aliphatic rings. The number of hydrogen-bond acceptors (Lipinski definition) is 2. The minimum absolute atomic E-state index is 0.963. The Kier molecular flexibility index (Phi) is 5.20. The van der Waals surface area contributed by atoms with E-state index in [-0.39, 0.29) is 0 Å². The van der Waals surface area contributed by atoms with E-state index in [9.17, 15) is 0 Å². The zero-order valence-electron chi connectivity index (χ0n) is 23.3. The number of aromatic nitrogens is 3. The van der Waals surface area contributed by atoms with E-state index in [0.29, 0.717) is 0 Å². The first-order valence-corrected chi connectivity index (χ1v) is 14.6. The Hall–Kier alpha value is -5.80. The summed E-state index contributed by atoms with van der Waals surface area (Å²) >= 11 is 0. The average Bonchev–Trinajstić information content (AvgIpc) is 3.42. The number of rotatable bonds is 3. The Morgan fingerprint density at radius 3 is 1.91 bits per heavy atom. The lowest BCUT2D eigenvalue weighted by molar-refractivity contribution is 1.18. The van der Waals surface area contributed by atoms with Crippen molar-refractivity contribution >= 4 is 54.4 Å². The van der Waals surface area contributed by atoms with Gasteiger partial charge in [0.05, 0.1) is 27.8 Å². The van der Waals surface area contributed by atoms with Crippen LogP contribution in [0.15, 0.2) is 152 Å². The summed E-state index contributed by atoms with van der Waals surface area (Å²) in [4.78, 5) is 9.97. The summed E-state index contributed by atoms with van der Waals surface area (Å²) in [6.07, 6.45) is 1.87. The molecule has 0 atom stereocenters. The fourth-order valence-corrected chi connectivity index (χ4v) is 6.64. The van der Waals surface area contributed by atoms with Gasteiger partial charge in [-0.1, -0.05) is 91.0 Å². The molecule has 3 heteroatoms. The standard InChI is InChI=1S/C40H25N3/c1-2-12-29(13-3-1)43-37-18-7-6-14-30(37)35-25-27(19-22-38(35)43)26-10-8-11-28(24-26)36-21-20-34-32-17-9-23-41-39(32)31-15-4-5-16-33(31)40(34)42-36/h1-25H. The molecule has 0 fully saturated rings. The highest BCUT2D eigenvalue weighted by molar-refractivity contribution is 6.23. The van der Waals surface area contributed by atoms with Gasteiger partial charge >= 0.3 is 0 Å². The van der Waals surface area contributed by atoms with Crippen LogP contribution in [-0.4, -0.2) is 14.5 Å². The SMILES string of the molecule is c1ccc(-n2c3ccccc3c3cc(-c4cccc(-c5ccc6c7cccnc7c7ccccc7c6n5)c4)ccc32)cc1. The molecule has 3 heterocycles. The van der Waals surface area contributed by atoms with Gasteiger partial charge in [0.2, 0.25) is 0 Å². The molecule has 0 saturated carbocycles. The van der Waals surface area contributed by atoms with Crippen molar-refractivity contribution < 1.29 is 0 Å². The smallest absolute Gasteiger partial charge is 0.0795 e. The van der Waals surface area contributed by atoms with Gasteiger partial charge in [-0.25, -0.2) is 4.98 Å². The molecular weight excluding hydrogens is 522 g/mol. The van der Waals surface area contributed by atoms with Gasteiger partial charge in [0.15, 0.2) is 0 Å². The summed E-state index contributed by atoms with van der Waals surface area (Å²) in [5.41, 5.74) is 10.0. The van der Waals surface area contributed by atoms with E-state index in [2.05, 4.69) is 144 Å². The summed E-state index contributed by atoms with van der Waals surface area (Å²) in [5.74, 6) is 0. The van der Waals surface area contributed by atoms with Crippen molar-refractivity contribution in [1.82, 2.24) is 14.5 Å². The molecule has 0 radical (unpaired) electrons. The number of pyridine rings is 2. The van der Waals surface area contributed by atoms with Crippen molar-refractivity contribution in [2.45, 2.75) is 0 Å². The van der Waals surface area contributed by atoms with Crippen LogP contribution in [0.5, 0.6) is 0 Å². The van der Waals surface area contributed by atoms with E-state index >= 15 is 0 Å². The zero-order chi connectivity index (χ0) is 28.3. The number of hydrogen-bond donors (Lipinski definition) is 0. The van der Waals surface area contributed by atoms with Crippen LogP contribution in [0.4, 0.5) is 0 Å². The van der Waals surface area contributed by atoms with Crippen LogP contribution in [0, 0.1) is 0 Å². The van der Waals surface area contributed by atoms with Gasteiger partial charge < -0.3 is 4.57 Å². The first-order valence-electron chi connectivity index (χ1n) is 14.6. The number of benzene rings is 6. The fraction of sp³-hybridized carbons (Fsp3) is 0. The summed E-state index contributed by atoms with van der Waals surface area (Å²) in [5, 5.41) is 7.02. The molecule has 0 aliphatic heterocycles. The highest BCUT2D eigenvalue weighted by Gasteiger charge is 2.14. The second-order valence-electron chi connectivity index (χ2n) is 11.0. The van der Waals surface area contributed by atoms with E-state index in [4.69, 9.17) is 9.97 Å². The third-order valence-electron chi connectivity index (χ3n) is 8.61. The third-order valence-corrected chi connectivity index (χ3v) is 8.61. The Balaban J connectivity index is 1.21. The molecule has 0 spiro atoms. The normalized spacial score (nSPS) is 11.7. The van der Waals surface area contributed by atoms with Gasteiger partial charge in [0, 0.05) is 49.8 Å². The molecule has 0 bridgehead atoms. The summed E-state index contributed by atoms with van der Waals surface area (Å²) in [6.45, 7) is 0. The predicted octanol–water partition coefficient (Wildman–Crippen LogP) is 10.4. The van der Waals surface area contributed by atoms with Gasteiger partial charge in [0.25, 0.3) is 0 Å². The van der Waals surface area contributed by atoms with Crippen molar-refractivity contribution in [3.8, 4) is 28.1 Å². The molecular formula is C40H25N3. The Labute approximate surface area is 248 Å². The van der Waals surface area contributed by atoms with Crippen molar-refractivity contribution in [3.05, 3.63) is 152 Å². The van der Waals surface area contributed by atoms with E-state index < -0.39 is 0 Å². The maximum absolute atomic E-state index is 5.26. The lowest BCUT2D eigenvalue weighted by atomic mass is 9.98. The van der Waals surface area contributed by atoms with Gasteiger partial charge in [-0.3, -0.25) is 4.98 Å². The van der Waals surface area contributed by atoms with Gasteiger partial charge in [-0.2, -0.15) is 0 Å². The first kappa shape index (κ1) is 23.9. The minimum atomic E-state index is 0.963. The molecule has 0 saturated heterocycles. The number of fused-ring (bicyclic) bond motifs is 9. The van der Waals surface area contributed by atoms with Gasteiger partial charge in [-0.15, -0.1) is 0 Å². The number of nitrogens with zero attached hydrogens (tertiary/aromatic N) is 3. The Bertz CT molecular complexity index is 2470. The van der Waals surface area contributed by atoms with E-state index in [1.54, 1.807) is 0 Å². The van der Waals surface area contributed by atoms with Crippen LogP contribution in [0.2, 0.25) is 0 Å². The molecule has 0 aliphatic carbocycles. The van der Waals surface area contributed by atoms with Crippen LogP contribution in [0.25, 0.3) is 82.5 Å². The highest BCUT2D eigenvalue weighted by Crippen LogP contribution is 2.37. The van der Waals surface area contributed by atoms with Crippen LogP contribution >= 0.6 is 0 Å². The van der Waals surface area contributed by atoms with Crippen LogP contribution in [0.1, 0.15) is 0 Å². The molecule has 0 N–H and O–H groups in total. The largest absolute Gasteiger partial charge is 0.309 e. The molecule has 0 unspecified atom stereocenters. The number of para-hydroxylation sites is 2. The molecule has 9 rings (SSSR count). The van der Waals surface area contributed by atoms with Crippen molar-refractivity contribution in [2.75, 3.05) is 0 Å². The zero-order valence-corrected chi connectivity index (χ0v) is 23.3. The molecule has 43 heavy (non-hydrogen) atoms. The lowest BCUT2D eigenvalue weighted by Gasteiger charge is -2.11. The second-order valence-corrected chi connectivity index (χ2v) is 11.0. The van der Waals surface area contributed by atoms with Crippen LogP contribution < -0.4 is 0 Å². The van der Waals surface area contributed by atoms with Gasteiger partial charge in [-0.05, 0) is 65.7 Å². The quantitative estimate of drug-likeness (QED) is 0.206. The average molecular weight is 548 g/mol. The summed E-state index contributed by atoms with van der Waals surface area (Å²) in [7, 11) is 0. The maximum atomic E-state index is 5.26. The Morgan fingerprint density at radius 1 is 0.395 bits per heavy atom. The van der Waals surface area contributed by atoms with Gasteiger partial charge in [0.1, 0.15) is 0 Å². The fourth-order valence-electron chi connectivity index (χ4n) is 6.64. The molecule has 6 aromatic carbocycles. The van der Waals surface area contributed by atoms with Crippen LogP contribution in [-0.2, 0) is 0 Å². The summed E-state index contributed by atoms with van der Waals surface area (Å²) in [6, 6.07) is 51.8. The lowest BCUT2D eigenvalue weighted by Crippen LogP contribution is -1.93. The molecule has 3 nitrogen and oxygen atoms in total. The first-order chi connectivity index (χ1) is 21.3. The topological polar surface area (TPSA) is 30.7 Å². The Morgan fingerprint density at radius 2 is 1.05 bits per heavy atom. The molecule has 9 aromatic rings. The molecule has 200 valence electrons. The van der Waals surface area contributed by atoms with Crippen molar-refractivity contribution in [1.29, 1.82) is 0 Å². The second kappa shape index (κ2) is 9.37. The minimum Gasteiger partial charge on any atom is -0.309 e. The molecule has 0 amide bonds. The summed E-state index contributed by atoms with van der Waals surface area (Å²) < 4.78 is 2.35. The molecule has 3 aromatic heterocycles. The van der Waals surface area contributed by atoms with Crippen molar-refractivity contribution in [2.24, 2.45) is 0 Å². The van der Waals surface area contributed by atoms with Crippen LogP contribution in [0.3, 0.4) is 0 Å².